The number of aromatic nitrogens is 1. The third kappa shape index (κ3) is 1.68. The van der Waals surface area contributed by atoms with Crippen LogP contribution in [-0.4, -0.2) is 4.37 Å². The number of thiophene rings is 1. The maximum absolute atomic E-state index is 4.49. The Morgan fingerprint density at radius 2 is 1.81 bits per heavy atom. The van der Waals surface area contributed by atoms with Crippen LogP contribution in [0.1, 0.15) is 0 Å². The van der Waals surface area contributed by atoms with Crippen LogP contribution in [0.5, 0.6) is 0 Å². The second-order valence-corrected chi connectivity index (χ2v) is 5.00. The van der Waals surface area contributed by atoms with E-state index < -0.39 is 0 Å². The van der Waals surface area contributed by atoms with Gasteiger partial charge in [-0.3, -0.25) is 0 Å². The molecule has 1 aromatic carbocycles. The van der Waals surface area contributed by atoms with Gasteiger partial charge in [-0.15, -0.1) is 11.3 Å². The zero-order valence-electron chi connectivity index (χ0n) is 8.46. The summed E-state index contributed by atoms with van der Waals surface area (Å²) < 4.78 is 4.49. The van der Waals surface area contributed by atoms with Crippen molar-refractivity contribution in [2.45, 2.75) is 0 Å². The molecular weight excluding hydrogens is 234 g/mol. The Morgan fingerprint density at radius 3 is 2.56 bits per heavy atom. The number of nitrogens with zero attached hydrogens (tertiary/aromatic N) is 1. The molecular formula is C13H9NS2. The molecule has 0 aliphatic rings. The van der Waals surface area contributed by atoms with Crippen LogP contribution < -0.4 is 0 Å². The highest BCUT2D eigenvalue weighted by atomic mass is 32.1. The van der Waals surface area contributed by atoms with Gasteiger partial charge < -0.3 is 0 Å². The van der Waals surface area contributed by atoms with Crippen LogP contribution in [0.3, 0.4) is 0 Å². The predicted octanol–water partition coefficient (Wildman–Crippen LogP) is 4.54. The van der Waals surface area contributed by atoms with E-state index in [0.29, 0.717) is 0 Å². The van der Waals surface area contributed by atoms with Crippen LogP contribution in [0, 0.1) is 0 Å². The molecule has 3 heteroatoms. The summed E-state index contributed by atoms with van der Waals surface area (Å²) in [6.45, 7) is 0. The second kappa shape index (κ2) is 4.20. The molecule has 1 nitrogen and oxygen atoms in total. The van der Waals surface area contributed by atoms with Crippen molar-refractivity contribution in [3.8, 4) is 21.7 Å². The molecule has 0 fully saturated rings. The summed E-state index contributed by atoms with van der Waals surface area (Å²) in [5, 5.41) is 4.22. The molecule has 78 valence electrons. The maximum Gasteiger partial charge on any atom is 0.0927 e. The Morgan fingerprint density at radius 1 is 0.938 bits per heavy atom. The summed E-state index contributed by atoms with van der Waals surface area (Å²) in [5.74, 6) is 0. The van der Waals surface area contributed by atoms with Gasteiger partial charge >= 0.3 is 0 Å². The molecule has 0 bridgehead atoms. The van der Waals surface area contributed by atoms with E-state index in [1.807, 2.05) is 18.2 Å². The summed E-state index contributed by atoms with van der Waals surface area (Å²) >= 11 is 3.27. The molecule has 0 atom stereocenters. The summed E-state index contributed by atoms with van der Waals surface area (Å²) in [5.41, 5.74) is 3.52. The lowest BCUT2D eigenvalue weighted by atomic mass is 10.1. The monoisotopic (exact) mass is 243 g/mol. The van der Waals surface area contributed by atoms with Crippen LogP contribution in [-0.2, 0) is 0 Å². The maximum atomic E-state index is 4.49. The zero-order valence-corrected chi connectivity index (χ0v) is 10.1. The van der Waals surface area contributed by atoms with Gasteiger partial charge in [0.15, 0.2) is 0 Å². The highest BCUT2D eigenvalue weighted by Crippen LogP contribution is 2.34. The van der Waals surface area contributed by atoms with Crippen LogP contribution in [0.2, 0.25) is 0 Å². The van der Waals surface area contributed by atoms with Gasteiger partial charge in [0.25, 0.3) is 0 Å². The van der Waals surface area contributed by atoms with Gasteiger partial charge in [-0.2, -0.15) is 4.37 Å². The first kappa shape index (κ1) is 9.75. The SMILES string of the molecule is c1ccc(-c2nscc2-c2cccs2)cc1. The first-order valence-electron chi connectivity index (χ1n) is 4.99. The number of hydrogen-bond acceptors (Lipinski definition) is 3. The molecule has 3 aromatic rings. The highest BCUT2D eigenvalue weighted by Gasteiger charge is 2.10. The van der Waals surface area contributed by atoms with E-state index in [-0.39, 0.29) is 0 Å². The van der Waals surface area contributed by atoms with Gasteiger partial charge in [0, 0.05) is 21.4 Å². The number of rotatable bonds is 2. The average molecular weight is 243 g/mol. The third-order valence-electron chi connectivity index (χ3n) is 2.40. The Balaban J connectivity index is 2.14. The molecule has 0 saturated heterocycles. The van der Waals surface area contributed by atoms with E-state index in [9.17, 15) is 0 Å². The van der Waals surface area contributed by atoms with Gasteiger partial charge in [-0.05, 0) is 23.0 Å². The Hall–Kier alpha value is -1.45. The Labute approximate surface area is 102 Å². The van der Waals surface area contributed by atoms with E-state index in [2.05, 4.69) is 39.4 Å². The normalized spacial score (nSPS) is 10.5. The molecule has 0 unspecified atom stereocenters. The number of benzene rings is 1. The van der Waals surface area contributed by atoms with Crippen molar-refractivity contribution >= 4 is 22.9 Å². The number of hydrogen-bond donors (Lipinski definition) is 0. The standard InChI is InChI=1S/C13H9NS2/c1-2-5-10(6-3-1)13-11(9-16-14-13)12-7-4-8-15-12/h1-9H. The molecule has 0 amide bonds. The Bertz CT molecular complexity index is 567. The average Bonchev–Trinajstić information content (AvgIpc) is 3.01. The summed E-state index contributed by atoms with van der Waals surface area (Å²) in [7, 11) is 0. The van der Waals surface area contributed by atoms with Gasteiger partial charge in [0.1, 0.15) is 0 Å². The summed E-state index contributed by atoms with van der Waals surface area (Å²) in [6.07, 6.45) is 0. The molecule has 0 saturated carbocycles. The van der Waals surface area contributed by atoms with Crippen LogP contribution in [0.15, 0.2) is 53.2 Å². The van der Waals surface area contributed by atoms with E-state index in [1.165, 1.54) is 27.5 Å². The van der Waals surface area contributed by atoms with Crippen molar-refractivity contribution in [2.75, 3.05) is 0 Å². The lowest BCUT2D eigenvalue weighted by Crippen LogP contribution is -1.78. The molecule has 0 spiro atoms. The lowest BCUT2D eigenvalue weighted by Gasteiger charge is -1.99. The van der Waals surface area contributed by atoms with E-state index in [4.69, 9.17) is 0 Å². The molecule has 0 aliphatic heterocycles. The van der Waals surface area contributed by atoms with Gasteiger partial charge in [0.2, 0.25) is 0 Å². The van der Waals surface area contributed by atoms with E-state index >= 15 is 0 Å². The molecule has 3 rings (SSSR count). The van der Waals surface area contributed by atoms with Crippen molar-refractivity contribution < 1.29 is 0 Å². The summed E-state index contributed by atoms with van der Waals surface area (Å²) in [6, 6.07) is 14.5. The van der Waals surface area contributed by atoms with Crippen molar-refractivity contribution in [2.24, 2.45) is 0 Å². The van der Waals surface area contributed by atoms with Crippen LogP contribution >= 0.6 is 22.9 Å². The largest absolute Gasteiger partial charge is 0.192 e. The fraction of sp³-hybridized carbons (Fsp3) is 0. The van der Waals surface area contributed by atoms with Gasteiger partial charge in [-0.1, -0.05) is 36.4 Å². The van der Waals surface area contributed by atoms with Crippen molar-refractivity contribution in [1.29, 1.82) is 0 Å². The van der Waals surface area contributed by atoms with Gasteiger partial charge in [0.05, 0.1) is 5.69 Å². The summed E-state index contributed by atoms with van der Waals surface area (Å²) in [4.78, 5) is 1.28. The Kier molecular flexibility index (Phi) is 2.56. The second-order valence-electron chi connectivity index (χ2n) is 3.42. The predicted molar refractivity (Wildman–Crippen MR) is 70.9 cm³/mol. The molecule has 2 heterocycles. The topological polar surface area (TPSA) is 12.9 Å². The third-order valence-corrected chi connectivity index (χ3v) is 3.94. The zero-order chi connectivity index (χ0) is 10.8. The molecule has 0 N–H and O–H groups in total. The van der Waals surface area contributed by atoms with Crippen molar-refractivity contribution in [3.63, 3.8) is 0 Å². The first-order valence-corrected chi connectivity index (χ1v) is 6.70. The van der Waals surface area contributed by atoms with Gasteiger partial charge in [-0.25, -0.2) is 0 Å². The quantitative estimate of drug-likeness (QED) is 0.644. The van der Waals surface area contributed by atoms with Crippen LogP contribution in [0.25, 0.3) is 21.7 Å². The van der Waals surface area contributed by atoms with Crippen LogP contribution in [0.4, 0.5) is 0 Å². The van der Waals surface area contributed by atoms with E-state index in [0.717, 1.165) is 5.69 Å². The fourth-order valence-electron chi connectivity index (χ4n) is 1.65. The minimum absolute atomic E-state index is 1.09. The molecule has 0 aliphatic carbocycles. The van der Waals surface area contributed by atoms with Crippen molar-refractivity contribution in [1.82, 2.24) is 4.37 Å². The first-order chi connectivity index (χ1) is 7.95. The molecule has 0 radical (unpaired) electrons. The minimum Gasteiger partial charge on any atom is -0.192 e. The molecule has 2 aromatic heterocycles. The fourth-order valence-corrected chi connectivity index (χ4v) is 3.17. The van der Waals surface area contributed by atoms with E-state index in [1.54, 1.807) is 11.3 Å². The molecule has 16 heavy (non-hydrogen) atoms. The highest BCUT2D eigenvalue weighted by molar-refractivity contribution is 7.14. The van der Waals surface area contributed by atoms with Crippen molar-refractivity contribution in [3.05, 3.63) is 53.2 Å². The lowest BCUT2D eigenvalue weighted by molar-refractivity contribution is 1.52. The smallest absolute Gasteiger partial charge is 0.0927 e. The minimum atomic E-state index is 1.09.